The van der Waals surface area contributed by atoms with Crippen LogP contribution >= 0.6 is 0 Å². The quantitative estimate of drug-likeness (QED) is 0.395. The molecule has 2 N–H and O–H groups in total. The highest BCUT2D eigenvalue weighted by atomic mass is 16.4. The summed E-state index contributed by atoms with van der Waals surface area (Å²) in [5.41, 5.74) is 0. The van der Waals surface area contributed by atoms with Gasteiger partial charge in [0.1, 0.15) is 0 Å². The third kappa shape index (κ3) is 9.58. The summed E-state index contributed by atoms with van der Waals surface area (Å²) in [6.45, 7) is 0. The molecule has 0 fully saturated rings. The van der Waals surface area contributed by atoms with Crippen LogP contribution in [0.15, 0.2) is 0 Å². The zero-order valence-corrected chi connectivity index (χ0v) is 5.08. The molecule has 56 valence electrons. The van der Waals surface area contributed by atoms with E-state index >= 15 is 0 Å². The first-order valence-electron chi connectivity index (χ1n) is 2.04. The lowest BCUT2D eigenvalue weighted by atomic mass is 10.6. The highest BCUT2D eigenvalue weighted by Crippen LogP contribution is 1.57. The number of amides is 1. The van der Waals surface area contributed by atoms with Gasteiger partial charge >= 0.3 is 18.0 Å². The van der Waals surface area contributed by atoms with Crippen molar-refractivity contribution in [2.75, 3.05) is 7.05 Å². The summed E-state index contributed by atoms with van der Waals surface area (Å²) >= 11 is 0. The lowest BCUT2D eigenvalue weighted by Crippen LogP contribution is -2.26. The van der Waals surface area contributed by atoms with E-state index in [1.165, 1.54) is 7.05 Å². The molecule has 0 aromatic heterocycles. The molecule has 6 heteroatoms. The van der Waals surface area contributed by atoms with Gasteiger partial charge in [-0.15, -0.1) is 0 Å². The Morgan fingerprint density at radius 2 is 1.70 bits per heavy atom. The first-order chi connectivity index (χ1) is 4.59. The average Bonchev–Trinajstić information content (AvgIpc) is 1.88. The van der Waals surface area contributed by atoms with Crippen molar-refractivity contribution in [2.24, 2.45) is 0 Å². The van der Waals surface area contributed by atoms with Crippen molar-refractivity contribution in [1.82, 2.24) is 5.32 Å². The minimum Gasteiger partial charge on any atom is -0.474 e. The van der Waals surface area contributed by atoms with Gasteiger partial charge in [0, 0.05) is 7.05 Å². The molecule has 1 amide bonds. The summed E-state index contributed by atoms with van der Waals surface area (Å²) in [7, 11) is 1.26. The fourth-order valence-corrected chi connectivity index (χ4v) is 0.107. The van der Waals surface area contributed by atoms with Gasteiger partial charge < -0.3 is 10.4 Å². The average molecular weight is 147 g/mol. The van der Waals surface area contributed by atoms with Gasteiger partial charge in [0.15, 0.2) is 0 Å². The molecule has 0 unspecified atom stereocenters. The minimum atomic E-state index is -1.46. The monoisotopic (exact) mass is 147 g/mol. The van der Waals surface area contributed by atoms with Crippen LogP contribution in [0.2, 0.25) is 0 Å². The summed E-state index contributed by atoms with van der Waals surface area (Å²) in [5.74, 6) is -2.44. The van der Waals surface area contributed by atoms with Crippen LogP contribution in [0.4, 0.5) is 0 Å². The Morgan fingerprint density at radius 3 is 1.70 bits per heavy atom. The molecule has 0 saturated heterocycles. The maximum atomic E-state index is 9.80. The van der Waals surface area contributed by atoms with E-state index in [4.69, 9.17) is 14.7 Å². The third-order valence-electron chi connectivity index (χ3n) is 0.421. The van der Waals surface area contributed by atoms with Gasteiger partial charge in [-0.05, 0) is 0 Å². The van der Waals surface area contributed by atoms with Crippen molar-refractivity contribution < 1.29 is 24.3 Å². The van der Waals surface area contributed by atoms with Gasteiger partial charge in [-0.2, -0.15) is 9.59 Å². The number of carboxylic acid groups (broad SMARTS) is 1. The van der Waals surface area contributed by atoms with Crippen molar-refractivity contribution in [2.45, 2.75) is 0 Å². The van der Waals surface area contributed by atoms with E-state index in [-0.39, 0.29) is 6.15 Å². The minimum absolute atomic E-state index is 0.250. The SMILES string of the molecule is CNC(=O)C(=O)O.O=C=O. The first kappa shape index (κ1) is 11.2. The summed E-state index contributed by atoms with van der Waals surface area (Å²) < 4.78 is 0. The Bertz CT molecular complexity index is 157. The summed E-state index contributed by atoms with van der Waals surface area (Å²) in [4.78, 5) is 35.6. The summed E-state index contributed by atoms with van der Waals surface area (Å²) in [5, 5.41) is 9.70. The molecule has 0 aliphatic rings. The molecule has 0 bridgehead atoms. The molecule has 0 radical (unpaired) electrons. The Labute approximate surface area is 55.8 Å². The zero-order valence-electron chi connectivity index (χ0n) is 5.08. The van der Waals surface area contributed by atoms with Crippen LogP contribution in [0, 0.1) is 0 Å². The van der Waals surface area contributed by atoms with Crippen molar-refractivity contribution >= 4 is 18.0 Å². The van der Waals surface area contributed by atoms with Crippen LogP contribution in [-0.2, 0) is 19.2 Å². The number of nitrogens with one attached hydrogen (secondary N) is 1. The first-order valence-corrected chi connectivity index (χ1v) is 2.04. The van der Waals surface area contributed by atoms with Crippen molar-refractivity contribution in [3.05, 3.63) is 0 Å². The second kappa shape index (κ2) is 7.32. The van der Waals surface area contributed by atoms with E-state index in [0.717, 1.165) is 0 Å². The van der Waals surface area contributed by atoms with E-state index in [9.17, 15) is 9.59 Å². The predicted octanol–water partition coefficient (Wildman–Crippen LogP) is -1.77. The van der Waals surface area contributed by atoms with E-state index in [0.29, 0.717) is 0 Å². The van der Waals surface area contributed by atoms with Gasteiger partial charge in [-0.25, -0.2) is 4.79 Å². The third-order valence-corrected chi connectivity index (χ3v) is 0.421. The molecule has 0 rings (SSSR count). The Morgan fingerprint density at radius 1 is 1.40 bits per heavy atom. The van der Waals surface area contributed by atoms with Crippen LogP contribution in [0.3, 0.4) is 0 Å². The van der Waals surface area contributed by atoms with Gasteiger partial charge in [0.05, 0.1) is 0 Å². The highest BCUT2D eigenvalue weighted by molar-refractivity contribution is 6.31. The van der Waals surface area contributed by atoms with E-state index in [1.807, 2.05) is 5.32 Å². The van der Waals surface area contributed by atoms with E-state index in [2.05, 4.69) is 0 Å². The standard InChI is InChI=1S/C3H5NO3.CO2/c1-4-2(5)3(6)7;2-1-3/h1H3,(H,4,5)(H,6,7);. The van der Waals surface area contributed by atoms with Crippen LogP contribution in [-0.4, -0.2) is 30.2 Å². The topological polar surface area (TPSA) is 101 Å². The van der Waals surface area contributed by atoms with Gasteiger partial charge in [0.25, 0.3) is 0 Å². The van der Waals surface area contributed by atoms with Crippen molar-refractivity contribution in [3.8, 4) is 0 Å². The van der Waals surface area contributed by atoms with Crippen LogP contribution in [0.5, 0.6) is 0 Å². The second-order valence-electron chi connectivity index (χ2n) is 0.968. The number of hydrogen-bond donors (Lipinski definition) is 2. The summed E-state index contributed by atoms with van der Waals surface area (Å²) in [6, 6.07) is 0. The number of carbonyl (C=O) groups excluding carboxylic acids is 3. The maximum Gasteiger partial charge on any atom is 0.394 e. The molecule has 0 aromatic carbocycles. The molecule has 0 spiro atoms. The Balaban J connectivity index is 0. The summed E-state index contributed by atoms with van der Waals surface area (Å²) in [6.07, 6.45) is 0.250. The van der Waals surface area contributed by atoms with Gasteiger partial charge in [0.2, 0.25) is 0 Å². The molecule has 0 aliphatic carbocycles. The van der Waals surface area contributed by atoms with Crippen LogP contribution in [0.25, 0.3) is 0 Å². The fraction of sp³-hybridized carbons (Fsp3) is 0.250. The van der Waals surface area contributed by atoms with E-state index in [1.54, 1.807) is 0 Å². The van der Waals surface area contributed by atoms with Crippen LogP contribution in [0.1, 0.15) is 0 Å². The predicted molar refractivity (Wildman–Crippen MR) is 26.7 cm³/mol. The Kier molecular flexibility index (Phi) is 8.17. The lowest BCUT2D eigenvalue weighted by molar-refractivity contribution is -0.191. The smallest absolute Gasteiger partial charge is 0.394 e. The van der Waals surface area contributed by atoms with E-state index < -0.39 is 11.9 Å². The number of likely N-dealkylation sites (N-methyl/N-ethyl adjacent to an activating group) is 1. The molecule has 10 heavy (non-hydrogen) atoms. The number of rotatable bonds is 0. The molecular weight excluding hydrogens is 142 g/mol. The normalized spacial score (nSPS) is 6.10. The van der Waals surface area contributed by atoms with Crippen LogP contribution < -0.4 is 5.32 Å². The molecule has 0 atom stereocenters. The largest absolute Gasteiger partial charge is 0.474 e. The molecule has 6 nitrogen and oxygen atoms in total. The molecule has 0 saturated carbocycles. The number of hydrogen-bond acceptors (Lipinski definition) is 4. The van der Waals surface area contributed by atoms with Gasteiger partial charge in [-0.1, -0.05) is 0 Å². The fourth-order valence-electron chi connectivity index (χ4n) is 0.107. The zero-order chi connectivity index (χ0) is 8.57. The second-order valence-corrected chi connectivity index (χ2v) is 0.968. The van der Waals surface area contributed by atoms with Crippen molar-refractivity contribution in [1.29, 1.82) is 0 Å². The number of carbonyl (C=O) groups is 2. The molecular formula is C4H5NO5. The van der Waals surface area contributed by atoms with Crippen molar-refractivity contribution in [3.63, 3.8) is 0 Å². The highest BCUT2D eigenvalue weighted by Gasteiger charge is 2.04. The maximum absolute atomic E-state index is 9.80. The number of aliphatic carboxylic acids is 1. The lowest BCUT2D eigenvalue weighted by Gasteiger charge is -1.85. The molecule has 0 aromatic rings. The molecule has 0 heterocycles. The van der Waals surface area contributed by atoms with Gasteiger partial charge in [-0.3, -0.25) is 4.79 Å². The number of carboxylic acids is 1. The Hall–Kier alpha value is -1.68. The molecule has 0 aliphatic heterocycles.